The fraction of sp³-hybridized carbons (Fsp3) is 0.333. The van der Waals surface area contributed by atoms with Crippen molar-refractivity contribution < 1.29 is 5.11 Å². The first kappa shape index (κ1) is 13.5. The van der Waals surface area contributed by atoms with Crippen LogP contribution in [0.4, 0.5) is 0 Å². The second-order valence-electron chi connectivity index (χ2n) is 6.12. The number of aromatic nitrogens is 3. The van der Waals surface area contributed by atoms with E-state index in [9.17, 15) is 5.11 Å². The summed E-state index contributed by atoms with van der Waals surface area (Å²) in [5.74, 6) is 0.589. The normalized spacial score (nSPS) is 14.6. The van der Waals surface area contributed by atoms with Gasteiger partial charge in [-0.15, -0.1) is 0 Å². The van der Waals surface area contributed by atoms with E-state index in [0.29, 0.717) is 5.92 Å². The standard InChI is InChI=1S/C18H19N3O/c1-12-17(11-22)21-7-6-19-16(18(21)20-12)10-13-8-14-4-2-3-5-15(14)9-13/h2-7,13,22H,8-11H2,1H3. The Morgan fingerprint density at radius 1 is 1.23 bits per heavy atom. The fourth-order valence-electron chi connectivity index (χ4n) is 3.59. The highest BCUT2D eigenvalue weighted by molar-refractivity contribution is 5.48. The van der Waals surface area contributed by atoms with E-state index < -0.39 is 0 Å². The molecule has 2 aromatic heterocycles. The van der Waals surface area contributed by atoms with Gasteiger partial charge in [0.1, 0.15) is 0 Å². The van der Waals surface area contributed by atoms with Crippen molar-refractivity contribution in [3.05, 3.63) is 64.9 Å². The average Bonchev–Trinajstić information content (AvgIpc) is 3.07. The predicted molar refractivity (Wildman–Crippen MR) is 84.7 cm³/mol. The molecule has 112 valence electrons. The maximum Gasteiger partial charge on any atom is 0.159 e. The van der Waals surface area contributed by atoms with Crippen molar-refractivity contribution in [2.75, 3.05) is 0 Å². The number of aliphatic hydroxyl groups is 1. The number of rotatable bonds is 3. The van der Waals surface area contributed by atoms with Gasteiger partial charge in [-0.3, -0.25) is 9.38 Å². The Kier molecular flexibility index (Phi) is 3.19. The van der Waals surface area contributed by atoms with Crippen LogP contribution in [0.1, 0.15) is 28.2 Å². The van der Waals surface area contributed by atoms with E-state index in [2.05, 4.69) is 34.2 Å². The Bertz CT molecular complexity index is 812. The van der Waals surface area contributed by atoms with Crippen LogP contribution in [0.15, 0.2) is 36.7 Å². The van der Waals surface area contributed by atoms with E-state index in [-0.39, 0.29) is 6.61 Å². The lowest BCUT2D eigenvalue weighted by Gasteiger charge is -2.09. The molecule has 1 aliphatic carbocycles. The first-order valence-electron chi connectivity index (χ1n) is 7.75. The molecule has 4 heteroatoms. The number of imidazole rings is 1. The largest absolute Gasteiger partial charge is 0.390 e. The summed E-state index contributed by atoms with van der Waals surface area (Å²) >= 11 is 0. The van der Waals surface area contributed by atoms with Crippen molar-refractivity contribution in [3.63, 3.8) is 0 Å². The molecule has 0 spiro atoms. The van der Waals surface area contributed by atoms with Gasteiger partial charge < -0.3 is 5.11 Å². The number of aryl methyl sites for hydroxylation is 1. The first-order valence-corrected chi connectivity index (χ1v) is 7.75. The van der Waals surface area contributed by atoms with Gasteiger partial charge in [0.15, 0.2) is 5.65 Å². The van der Waals surface area contributed by atoms with Crippen molar-refractivity contribution in [1.29, 1.82) is 0 Å². The van der Waals surface area contributed by atoms with Crippen LogP contribution in [-0.2, 0) is 25.9 Å². The minimum absolute atomic E-state index is 0.00528. The third-order valence-electron chi connectivity index (χ3n) is 4.68. The van der Waals surface area contributed by atoms with Crippen LogP contribution in [0.25, 0.3) is 5.65 Å². The second-order valence-corrected chi connectivity index (χ2v) is 6.12. The van der Waals surface area contributed by atoms with Crippen molar-refractivity contribution >= 4 is 5.65 Å². The molecule has 0 saturated carbocycles. The van der Waals surface area contributed by atoms with Crippen LogP contribution in [0, 0.1) is 12.8 Å². The summed E-state index contributed by atoms with van der Waals surface area (Å²) in [7, 11) is 0. The molecule has 1 aromatic carbocycles. The molecule has 3 aromatic rings. The third-order valence-corrected chi connectivity index (χ3v) is 4.68. The maximum atomic E-state index is 9.52. The lowest BCUT2D eigenvalue weighted by Crippen LogP contribution is -2.08. The highest BCUT2D eigenvalue weighted by atomic mass is 16.3. The van der Waals surface area contributed by atoms with Gasteiger partial charge in [-0.25, -0.2) is 4.98 Å². The minimum atomic E-state index is 0.00528. The number of hydrogen-bond donors (Lipinski definition) is 1. The number of hydrogen-bond acceptors (Lipinski definition) is 3. The Labute approximate surface area is 129 Å². The van der Waals surface area contributed by atoms with E-state index in [4.69, 9.17) is 0 Å². The van der Waals surface area contributed by atoms with Crippen molar-refractivity contribution in [3.8, 4) is 0 Å². The molecule has 0 aliphatic heterocycles. The SMILES string of the molecule is Cc1nc2c(CC3Cc4ccccc4C3)nccn2c1CO. The van der Waals surface area contributed by atoms with E-state index >= 15 is 0 Å². The van der Waals surface area contributed by atoms with E-state index in [1.54, 1.807) is 0 Å². The monoisotopic (exact) mass is 293 g/mol. The van der Waals surface area contributed by atoms with Crippen LogP contribution in [-0.4, -0.2) is 19.5 Å². The van der Waals surface area contributed by atoms with Crippen LogP contribution in [0.3, 0.4) is 0 Å². The molecular formula is C18H19N3O. The maximum absolute atomic E-state index is 9.52. The summed E-state index contributed by atoms with van der Waals surface area (Å²) in [6.07, 6.45) is 6.86. The van der Waals surface area contributed by atoms with Gasteiger partial charge in [-0.1, -0.05) is 24.3 Å². The van der Waals surface area contributed by atoms with Gasteiger partial charge in [0.2, 0.25) is 0 Å². The molecule has 4 nitrogen and oxygen atoms in total. The molecule has 0 saturated heterocycles. The Hall–Kier alpha value is -2.20. The summed E-state index contributed by atoms with van der Waals surface area (Å²) in [5.41, 5.74) is 6.59. The summed E-state index contributed by atoms with van der Waals surface area (Å²) in [5, 5.41) is 9.52. The predicted octanol–water partition coefficient (Wildman–Crippen LogP) is 2.49. The number of fused-ring (bicyclic) bond motifs is 2. The number of benzene rings is 1. The van der Waals surface area contributed by atoms with Gasteiger partial charge in [0, 0.05) is 12.4 Å². The summed E-state index contributed by atoms with van der Waals surface area (Å²) < 4.78 is 1.97. The van der Waals surface area contributed by atoms with Gasteiger partial charge in [0.05, 0.1) is 23.7 Å². The molecular weight excluding hydrogens is 274 g/mol. The second kappa shape index (κ2) is 5.21. The molecule has 0 atom stereocenters. The Morgan fingerprint density at radius 2 is 1.95 bits per heavy atom. The van der Waals surface area contributed by atoms with Gasteiger partial charge in [-0.2, -0.15) is 0 Å². The van der Waals surface area contributed by atoms with Crippen LogP contribution in [0.5, 0.6) is 0 Å². The van der Waals surface area contributed by atoms with Crippen molar-refractivity contribution in [2.24, 2.45) is 5.92 Å². The zero-order chi connectivity index (χ0) is 15.1. The smallest absolute Gasteiger partial charge is 0.159 e. The lowest BCUT2D eigenvalue weighted by atomic mass is 10.00. The molecule has 0 unspecified atom stereocenters. The van der Waals surface area contributed by atoms with Crippen LogP contribution >= 0.6 is 0 Å². The zero-order valence-corrected chi connectivity index (χ0v) is 12.7. The minimum Gasteiger partial charge on any atom is -0.390 e. The average molecular weight is 293 g/mol. The molecule has 4 rings (SSSR count). The number of aliphatic hydroxyl groups excluding tert-OH is 1. The highest BCUT2D eigenvalue weighted by Gasteiger charge is 2.23. The van der Waals surface area contributed by atoms with E-state index in [0.717, 1.165) is 42.0 Å². The molecule has 2 heterocycles. The topological polar surface area (TPSA) is 50.4 Å². The van der Waals surface area contributed by atoms with Gasteiger partial charge in [0.25, 0.3) is 0 Å². The lowest BCUT2D eigenvalue weighted by molar-refractivity contribution is 0.275. The first-order chi connectivity index (χ1) is 10.8. The highest BCUT2D eigenvalue weighted by Crippen LogP contribution is 2.29. The Morgan fingerprint density at radius 3 is 2.64 bits per heavy atom. The fourth-order valence-corrected chi connectivity index (χ4v) is 3.59. The van der Waals surface area contributed by atoms with Crippen molar-refractivity contribution in [2.45, 2.75) is 32.8 Å². The van der Waals surface area contributed by atoms with Crippen LogP contribution in [0.2, 0.25) is 0 Å². The van der Waals surface area contributed by atoms with E-state index in [1.807, 2.05) is 23.7 Å². The number of nitrogens with zero attached hydrogens (tertiary/aromatic N) is 3. The van der Waals surface area contributed by atoms with Crippen LogP contribution < -0.4 is 0 Å². The summed E-state index contributed by atoms with van der Waals surface area (Å²) in [4.78, 5) is 9.17. The summed E-state index contributed by atoms with van der Waals surface area (Å²) in [6.45, 7) is 1.94. The Balaban J connectivity index is 1.66. The summed E-state index contributed by atoms with van der Waals surface area (Å²) in [6, 6.07) is 8.69. The van der Waals surface area contributed by atoms with E-state index in [1.165, 1.54) is 11.1 Å². The zero-order valence-electron chi connectivity index (χ0n) is 12.7. The van der Waals surface area contributed by atoms with Crippen molar-refractivity contribution in [1.82, 2.24) is 14.4 Å². The molecule has 0 radical (unpaired) electrons. The van der Waals surface area contributed by atoms with Gasteiger partial charge >= 0.3 is 0 Å². The molecule has 22 heavy (non-hydrogen) atoms. The molecule has 0 fully saturated rings. The van der Waals surface area contributed by atoms with Gasteiger partial charge in [-0.05, 0) is 43.2 Å². The molecule has 0 amide bonds. The molecule has 0 bridgehead atoms. The molecule has 1 N–H and O–H groups in total. The quantitative estimate of drug-likeness (QED) is 0.807. The molecule has 1 aliphatic rings. The third kappa shape index (κ3) is 2.11.